The van der Waals surface area contributed by atoms with Gasteiger partial charge in [0, 0.05) is 12.2 Å². The Morgan fingerprint density at radius 3 is 2.83 bits per heavy atom. The fourth-order valence-electron chi connectivity index (χ4n) is 1.31. The van der Waals surface area contributed by atoms with Crippen LogP contribution >= 0.6 is 0 Å². The lowest BCUT2D eigenvalue weighted by atomic mass is 10.2. The van der Waals surface area contributed by atoms with E-state index in [4.69, 9.17) is 0 Å². The van der Waals surface area contributed by atoms with E-state index in [1.807, 2.05) is 17.9 Å². The molecule has 3 heteroatoms. The van der Waals surface area contributed by atoms with Gasteiger partial charge >= 0.3 is 0 Å². The predicted octanol–water partition coefficient (Wildman–Crippen LogP) is 0.973. The topological polar surface area (TPSA) is 29.9 Å². The van der Waals surface area contributed by atoms with Crippen molar-refractivity contribution in [2.24, 2.45) is 0 Å². The van der Waals surface area contributed by atoms with Crippen molar-refractivity contribution in [2.45, 2.75) is 26.8 Å². The van der Waals surface area contributed by atoms with E-state index in [1.54, 1.807) is 0 Å². The number of rotatable bonds is 4. The fraction of sp³-hybridized carbons (Fsp3) is 0.667. The van der Waals surface area contributed by atoms with Crippen LogP contribution in [0.1, 0.15) is 18.2 Å². The van der Waals surface area contributed by atoms with E-state index in [0.29, 0.717) is 0 Å². The van der Waals surface area contributed by atoms with Crippen molar-refractivity contribution in [3.8, 4) is 0 Å². The van der Waals surface area contributed by atoms with E-state index >= 15 is 0 Å². The molecule has 1 N–H and O–H groups in total. The second-order valence-electron chi connectivity index (χ2n) is 2.92. The maximum absolute atomic E-state index is 4.28. The highest BCUT2D eigenvalue weighted by Crippen LogP contribution is 2.06. The summed E-state index contributed by atoms with van der Waals surface area (Å²) in [6.45, 7) is 6.23. The first-order valence-electron chi connectivity index (χ1n) is 4.45. The zero-order valence-corrected chi connectivity index (χ0v) is 8.09. The maximum Gasteiger partial charge on any atom is 0.0525 e. The van der Waals surface area contributed by atoms with Gasteiger partial charge in [-0.2, -0.15) is 5.10 Å². The molecule has 3 nitrogen and oxygen atoms in total. The quantitative estimate of drug-likeness (QED) is 0.724. The summed E-state index contributed by atoms with van der Waals surface area (Å²) in [4.78, 5) is 0. The molecule has 1 aromatic heterocycles. The van der Waals surface area contributed by atoms with Crippen LogP contribution in [0, 0.1) is 6.92 Å². The summed E-state index contributed by atoms with van der Waals surface area (Å²) < 4.78 is 2.03. The van der Waals surface area contributed by atoms with Gasteiger partial charge in [0.25, 0.3) is 0 Å². The van der Waals surface area contributed by atoms with Crippen LogP contribution in [-0.4, -0.2) is 23.4 Å². The van der Waals surface area contributed by atoms with E-state index < -0.39 is 0 Å². The molecular formula is C9H17N3. The molecule has 68 valence electrons. The van der Waals surface area contributed by atoms with Gasteiger partial charge in [0.1, 0.15) is 0 Å². The van der Waals surface area contributed by atoms with Crippen molar-refractivity contribution in [2.75, 3.05) is 13.6 Å². The number of nitrogens with one attached hydrogen (secondary N) is 1. The molecule has 0 bridgehead atoms. The normalized spacial score (nSPS) is 10.6. The molecule has 0 fully saturated rings. The molecule has 0 amide bonds. The van der Waals surface area contributed by atoms with Gasteiger partial charge < -0.3 is 5.32 Å². The monoisotopic (exact) mass is 167 g/mol. The molecule has 0 aliphatic rings. The van der Waals surface area contributed by atoms with Crippen molar-refractivity contribution in [3.63, 3.8) is 0 Å². The maximum atomic E-state index is 4.28. The Morgan fingerprint density at radius 2 is 2.33 bits per heavy atom. The highest BCUT2D eigenvalue weighted by atomic mass is 15.3. The number of aryl methyl sites for hydroxylation is 1. The molecule has 0 atom stereocenters. The van der Waals surface area contributed by atoms with Crippen LogP contribution < -0.4 is 5.32 Å². The number of hydrogen-bond donors (Lipinski definition) is 1. The summed E-state index contributed by atoms with van der Waals surface area (Å²) in [6.07, 6.45) is 3.04. The molecule has 0 aromatic carbocycles. The largest absolute Gasteiger partial charge is 0.319 e. The van der Waals surface area contributed by atoms with Gasteiger partial charge in [-0.25, -0.2) is 0 Å². The molecule has 1 aromatic rings. The first-order valence-corrected chi connectivity index (χ1v) is 4.45. The van der Waals surface area contributed by atoms with Gasteiger partial charge in [0.05, 0.1) is 6.20 Å². The van der Waals surface area contributed by atoms with Gasteiger partial charge in [-0.3, -0.25) is 4.68 Å². The lowest BCUT2D eigenvalue weighted by molar-refractivity contribution is 0.637. The minimum absolute atomic E-state index is 0.964. The molecule has 12 heavy (non-hydrogen) atoms. The summed E-state index contributed by atoms with van der Waals surface area (Å²) in [5.41, 5.74) is 2.65. The molecule has 0 unspecified atom stereocenters. The molecule has 0 aliphatic heterocycles. The molecule has 0 aliphatic carbocycles. The Labute approximate surface area is 73.8 Å². The summed E-state index contributed by atoms with van der Waals surface area (Å²) in [5.74, 6) is 0. The van der Waals surface area contributed by atoms with Gasteiger partial charge in [0.15, 0.2) is 0 Å². The van der Waals surface area contributed by atoms with Crippen LogP contribution in [0.3, 0.4) is 0 Å². The lowest BCUT2D eigenvalue weighted by Gasteiger charge is -2.01. The van der Waals surface area contributed by atoms with Gasteiger partial charge in [-0.05, 0) is 39.4 Å². The Bertz CT molecular complexity index is 240. The van der Waals surface area contributed by atoms with Crippen molar-refractivity contribution in [3.05, 3.63) is 17.5 Å². The van der Waals surface area contributed by atoms with Crippen LogP contribution in [0.5, 0.6) is 0 Å². The second-order valence-corrected chi connectivity index (χ2v) is 2.92. The first kappa shape index (κ1) is 9.26. The molecule has 0 saturated carbocycles. The average Bonchev–Trinajstić information content (AvgIpc) is 2.43. The van der Waals surface area contributed by atoms with Crippen LogP contribution in [-0.2, 0) is 13.0 Å². The predicted molar refractivity (Wildman–Crippen MR) is 50.3 cm³/mol. The number of nitrogens with zero attached hydrogens (tertiary/aromatic N) is 2. The van der Waals surface area contributed by atoms with E-state index in [0.717, 1.165) is 19.5 Å². The van der Waals surface area contributed by atoms with Crippen LogP contribution in [0.25, 0.3) is 0 Å². The SMILES string of the molecule is CCn1ncc(CCNC)c1C. The molecule has 1 rings (SSSR count). The third kappa shape index (κ3) is 1.85. The van der Waals surface area contributed by atoms with E-state index in [1.165, 1.54) is 11.3 Å². The third-order valence-electron chi connectivity index (χ3n) is 2.15. The summed E-state index contributed by atoms with van der Waals surface area (Å²) in [5, 5.41) is 7.41. The Balaban J connectivity index is 2.66. The number of aromatic nitrogens is 2. The summed E-state index contributed by atoms with van der Waals surface area (Å²) >= 11 is 0. The minimum Gasteiger partial charge on any atom is -0.319 e. The summed E-state index contributed by atoms with van der Waals surface area (Å²) in [6, 6.07) is 0. The fourth-order valence-corrected chi connectivity index (χ4v) is 1.31. The van der Waals surface area contributed by atoms with E-state index in [2.05, 4.69) is 24.3 Å². The molecular weight excluding hydrogens is 150 g/mol. The zero-order valence-electron chi connectivity index (χ0n) is 8.09. The standard InChI is InChI=1S/C9H17N3/c1-4-12-8(2)9(7-11-12)5-6-10-3/h7,10H,4-6H2,1-3H3. The Kier molecular flexibility index (Phi) is 3.29. The van der Waals surface area contributed by atoms with Crippen molar-refractivity contribution < 1.29 is 0 Å². The third-order valence-corrected chi connectivity index (χ3v) is 2.15. The second kappa shape index (κ2) is 4.26. The van der Waals surface area contributed by atoms with Gasteiger partial charge in [-0.1, -0.05) is 0 Å². The Morgan fingerprint density at radius 1 is 1.58 bits per heavy atom. The van der Waals surface area contributed by atoms with Gasteiger partial charge in [-0.15, -0.1) is 0 Å². The average molecular weight is 167 g/mol. The smallest absolute Gasteiger partial charge is 0.0525 e. The highest BCUT2D eigenvalue weighted by molar-refractivity contribution is 5.16. The van der Waals surface area contributed by atoms with E-state index in [9.17, 15) is 0 Å². The first-order chi connectivity index (χ1) is 5.79. The molecule has 0 spiro atoms. The molecule has 0 saturated heterocycles. The van der Waals surface area contributed by atoms with Gasteiger partial charge in [0.2, 0.25) is 0 Å². The zero-order chi connectivity index (χ0) is 8.97. The molecule has 0 radical (unpaired) electrons. The number of likely N-dealkylation sites (N-methyl/N-ethyl adjacent to an activating group) is 1. The summed E-state index contributed by atoms with van der Waals surface area (Å²) in [7, 11) is 1.97. The van der Waals surface area contributed by atoms with Crippen LogP contribution in [0.4, 0.5) is 0 Å². The lowest BCUT2D eigenvalue weighted by Crippen LogP contribution is -2.10. The van der Waals surface area contributed by atoms with Crippen molar-refractivity contribution >= 4 is 0 Å². The minimum atomic E-state index is 0.964. The van der Waals surface area contributed by atoms with Crippen molar-refractivity contribution in [1.29, 1.82) is 0 Å². The van der Waals surface area contributed by atoms with Crippen molar-refractivity contribution in [1.82, 2.24) is 15.1 Å². The highest BCUT2D eigenvalue weighted by Gasteiger charge is 2.02. The Hall–Kier alpha value is -0.830. The number of hydrogen-bond acceptors (Lipinski definition) is 2. The molecule has 1 heterocycles. The van der Waals surface area contributed by atoms with Crippen LogP contribution in [0.2, 0.25) is 0 Å². The van der Waals surface area contributed by atoms with Crippen LogP contribution in [0.15, 0.2) is 6.20 Å². The van der Waals surface area contributed by atoms with E-state index in [-0.39, 0.29) is 0 Å².